The van der Waals surface area contributed by atoms with Crippen molar-refractivity contribution < 1.29 is 5.11 Å². The summed E-state index contributed by atoms with van der Waals surface area (Å²) in [7, 11) is 2.06. The van der Waals surface area contributed by atoms with Gasteiger partial charge in [0.1, 0.15) is 5.82 Å². The highest BCUT2D eigenvalue weighted by atomic mass is 16.3. The van der Waals surface area contributed by atoms with Crippen LogP contribution in [0.3, 0.4) is 0 Å². The molecule has 0 saturated carbocycles. The fourth-order valence-electron chi connectivity index (χ4n) is 3.98. The molecule has 1 aromatic heterocycles. The van der Waals surface area contributed by atoms with E-state index in [-0.39, 0.29) is 6.10 Å². The van der Waals surface area contributed by atoms with E-state index in [1.165, 1.54) is 16.3 Å². The summed E-state index contributed by atoms with van der Waals surface area (Å²) in [5.74, 6) is 1.64. The highest BCUT2D eigenvalue weighted by Crippen LogP contribution is 2.26. The van der Waals surface area contributed by atoms with Crippen LogP contribution in [0.4, 0.5) is 0 Å². The van der Waals surface area contributed by atoms with Crippen LogP contribution in [0.5, 0.6) is 0 Å². The third kappa shape index (κ3) is 3.60. The molecule has 3 aromatic rings. The maximum atomic E-state index is 10.5. The third-order valence-electron chi connectivity index (χ3n) is 5.25. The number of rotatable bonds is 5. The Hall–Kier alpha value is -2.17. The number of β-amino-alcohol motifs (C(OH)–C–C–N with tert-alkyl or cyclic N) is 1. The molecule has 2 aromatic carbocycles. The van der Waals surface area contributed by atoms with Gasteiger partial charge in [0.15, 0.2) is 0 Å². The number of aliphatic hydroxyl groups excluding tert-OH is 1. The van der Waals surface area contributed by atoms with Crippen molar-refractivity contribution >= 4 is 10.8 Å². The molecule has 0 spiro atoms. The first-order chi connectivity index (χ1) is 12.2. The van der Waals surface area contributed by atoms with Crippen molar-refractivity contribution in [2.45, 2.75) is 24.9 Å². The smallest absolute Gasteiger partial charge is 0.112 e. The molecule has 2 atom stereocenters. The average Bonchev–Trinajstić information content (AvgIpc) is 3.23. The molecule has 2 unspecified atom stereocenters. The Labute approximate surface area is 148 Å². The second-order valence-corrected chi connectivity index (χ2v) is 7.18. The van der Waals surface area contributed by atoms with Gasteiger partial charge in [-0.25, -0.2) is 4.98 Å². The summed E-state index contributed by atoms with van der Waals surface area (Å²) >= 11 is 0. The van der Waals surface area contributed by atoms with Crippen LogP contribution in [0.2, 0.25) is 0 Å². The Morgan fingerprint density at radius 3 is 2.84 bits per heavy atom. The van der Waals surface area contributed by atoms with Gasteiger partial charge >= 0.3 is 0 Å². The van der Waals surface area contributed by atoms with E-state index in [0.29, 0.717) is 12.3 Å². The summed E-state index contributed by atoms with van der Waals surface area (Å²) < 4.78 is 2.11. The molecule has 1 saturated heterocycles. The number of aliphatic hydroxyl groups is 1. The SMILES string of the molecule is Cn1ccnc1C1CCN(CC(O)Cc2ccc3ccccc3c2)C1. The van der Waals surface area contributed by atoms with E-state index in [2.05, 4.69) is 64.0 Å². The number of benzene rings is 2. The van der Waals surface area contributed by atoms with Crippen LogP contribution in [-0.2, 0) is 13.5 Å². The van der Waals surface area contributed by atoms with Crippen LogP contribution in [0.15, 0.2) is 54.9 Å². The van der Waals surface area contributed by atoms with Gasteiger partial charge in [-0.15, -0.1) is 0 Å². The predicted octanol–water partition coefficient (Wildman–Crippen LogP) is 2.97. The molecule has 1 fully saturated rings. The van der Waals surface area contributed by atoms with Gasteiger partial charge in [0.05, 0.1) is 6.10 Å². The number of hydrogen-bond donors (Lipinski definition) is 1. The molecule has 0 radical (unpaired) electrons. The number of imidazole rings is 1. The molecule has 130 valence electrons. The van der Waals surface area contributed by atoms with Gasteiger partial charge in [-0.1, -0.05) is 42.5 Å². The minimum absolute atomic E-state index is 0.332. The first kappa shape index (κ1) is 16.3. The van der Waals surface area contributed by atoms with E-state index in [0.717, 1.165) is 31.9 Å². The normalized spacial score (nSPS) is 19.5. The van der Waals surface area contributed by atoms with Crippen LogP contribution in [0.25, 0.3) is 10.8 Å². The molecule has 4 heteroatoms. The van der Waals surface area contributed by atoms with E-state index in [1.807, 2.05) is 12.4 Å². The summed E-state index contributed by atoms with van der Waals surface area (Å²) in [5.41, 5.74) is 1.20. The lowest BCUT2D eigenvalue weighted by molar-refractivity contribution is 0.124. The zero-order valence-electron chi connectivity index (χ0n) is 14.7. The van der Waals surface area contributed by atoms with Crippen molar-refractivity contribution in [1.29, 1.82) is 0 Å². The second-order valence-electron chi connectivity index (χ2n) is 7.18. The van der Waals surface area contributed by atoms with E-state index in [1.54, 1.807) is 0 Å². The lowest BCUT2D eigenvalue weighted by Crippen LogP contribution is -2.32. The van der Waals surface area contributed by atoms with Gasteiger partial charge in [-0.2, -0.15) is 0 Å². The fraction of sp³-hybridized carbons (Fsp3) is 0.381. The summed E-state index contributed by atoms with van der Waals surface area (Å²) in [6.45, 7) is 2.75. The summed E-state index contributed by atoms with van der Waals surface area (Å²) in [4.78, 5) is 6.85. The van der Waals surface area contributed by atoms with Gasteiger partial charge in [0, 0.05) is 38.4 Å². The molecule has 0 amide bonds. The van der Waals surface area contributed by atoms with Crippen molar-refractivity contribution in [3.05, 3.63) is 66.2 Å². The Balaban J connectivity index is 1.35. The minimum Gasteiger partial charge on any atom is -0.391 e. The van der Waals surface area contributed by atoms with Crippen molar-refractivity contribution in [3.63, 3.8) is 0 Å². The van der Waals surface area contributed by atoms with E-state index < -0.39 is 0 Å². The maximum Gasteiger partial charge on any atom is 0.112 e. The Kier molecular flexibility index (Phi) is 4.55. The highest BCUT2D eigenvalue weighted by molar-refractivity contribution is 5.82. The average molecular weight is 335 g/mol. The van der Waals surface area contributed by atoms with E-state index in [9.17, 15) is 5.11 Å². The van der Waals surface area contributed by atoms with Gasteiger partial charge in [0.25, 0.3) is 0 Å². The Bertz CT molecular complexity index is 857. The zero-order chi connectivity index (χ0) is 17.2. The number of fused-ring (bicyclic) bond motifs is 1. The Morgan fingerprint density at radius 1 is 1.20 bits per heavy atom. The molecule has 4 rings (SSSR count). The zero-order valence-corrected chi connectivity index (χ0v) is 14.7. The monoisotopic (exact) mass is 335 g/mol. The van der Waals surface area contributed by atoms with Gasteiger partial charge in [0.2, 0.25) is 0 Å². The van der Waals surface area contributed by atoms with Crippen molar-refractivity contribution in [1.82, 2.24) is 14.5 Å². The largest absolute Gasteiger partial charge is 0.391 e. The van der Waals surface area contributed by atoms with Crippen LogP contribution >= 0.6 is 0 Å². The molecule has 1 N–H and O–H groups in total. The van der Waals surface area contributed by atoms with Gasteiger partial charge < -0.3 is 14.6 Å². The molecule has 4 nitrogen and oxygen atoms in total. The second kappa shape index (κ2) is 6.98. The molecule has 1 aliphatic heterocycles. The quantitative estimate of drug-likeness (QED) is 0.779. The first-order valence-corrected chi connectivity index (χ1v) is 9.04. The topological polar surface area (TPSA) is 41.3 Å². The summed E-state index contributed by atoms with van der Waals surface area (Å²) in [5, 5.41) is 13.0. The number of likely N-dealkylation sites (tertiary alicyclic amines) is 1. The molecule has 2 heterocycles. The van der Waals surface area contributed by atoms with Gasteiger partial charge in [-0.05, 0) is 35.7 Å². The third-order valence-corrected chi connectivity index (χ3v) is 5.25. The molecule has 0 bridgehead atoms. The van der Waals surface area contributed by atoms with Crippen LogP contribution in [0, 0.1) is 0 Å². The molecular weight excluding hydrogens is 310 g/mol. The standard InChI is InChI=1S/C21H25N3O/c1-23-11-9-22-21(23)19-8-10-24(14-19)15-20(25)13-16-6-7-17-4-2-3-5-18(17)12-16/h2-7,9,11-12,19-20,25H,8,10,13-15H2,1H3. The molecule has 1 aliphatic rings. The van der Waals surface area contributed by atoms with Crippen LogP contribution in [0.1, 0.15) is 23.7 Å². The maximum absolute atomic E-state index is 10.5. The number of aromatic nitrogens is 2. The van der Waals surface area contributed by atoms with Crippen molar-refractivity contribution in [2.75, 3.05) is 19.6 Å². The number of hydrogen-bond acceptors (Lipinski definition) is 3. The van der Waals surface area contributed by atoms with Crippen molar-refractivity contribution in [2.24, 2.45) is 7.05 Å². The van der Waals surface area contributed by atoms with Crippen LogP contribution < -0.4 is 0 Å². The summed E-state index contributed by atoms with van der Waals surface area (Å²) in [6.07, 6.45) is 5.36. The molecule has 25 heavy (non-hydrogen) atoms. The first-order valence-electron chi connectivity index (χ1n) is 9.04. The van der Waals surface area contributed by atoms with Crippen molar-refractivity contribution in [3.8, 4) is 0 Å². The van der Waals surface area contributed by atoms with Crippen LogP contribution in [-0.4, -0.2) is 45.3 Å². The lowest BCUT2D eigenvalue weighted by atomic mass is 10.0. The number of nitrogens with zero attached hydrogens (tertiary/aromatic N) is 3. The summed E-state index contributed by atoms with van der Waals surface area (Å²) in [6, 6.07) is 14.8. The Morgan fingerprint density at radius 2 is 2.04 bits per heavy atom. The fourth-order valence-corrected chi connectivity index (χ4v) is 3.98. The minimum atomic E-state index is -0.332. The molecule has 0 aliphatic carbocycles. The lowest BCUT2D eigenvalue weighted by Gasteiger charge is -2.20. The number of aryl methyl sites for hydroxylation is 1. The molecular formula is C21H25N3O. The predicted molar refractivity (Wildman–Crippen MR) is 101 cm³/mol. The highest BCUT2D eigenvalue weighted by Gasteiger charge is 2.27. The van der Waals surface area contributed by atoms with E-state index >= 15 is 0 Å². The van der Waals surface area contributed by atoms with E-state index in [4.69, 9.17) is 0 Å². The van der Waals surface area contributed by atoms with Gasteiger partial charge in [-0.3, -0.25) is 0 Å².